The van der Waals surface area contributed by atoms with E-state index in [4.69, 9.17) is 4.74 Å². The third-order valence-corrected chi connectivity index (χ3v) is 4.07. The van der Waals surface area contributed by atoms with Gasteiger partial charge in [-0.25, -0.2) is 0 Å². The molecular formula is C13H27NO2. The van der Waals surface area contributed by atoms with Gasteiger partial charge in [-0.1, -0.05) is 6.92 Å². The number of aliphatic hydroxyl groups is 1. The molecule has 1 atom stereocenters. The van der Waals surface area contributed by atoms with Crippen LogP contribution < -0.4 is 0 Å². The molecule has 0 amide bonds. The fourth-order valence-corrected chi connectivity index (χ4v) is 2.48. The molecule has 1 saturated heterocycles. The van der Waals surface area contributed by atoms with Gasteiger partial charge in [0.1, 0.15) is 0 Å². The molecule has 0 aromatic heterocycles. The molecule has 3 heteroatoms. The fourth-order valence-electron chi connectivity index (χ4n) is 2.48. The van der Waals surface area contributed by atoms with E-state index < -0.39 is 5.60 Å². The van der Waals surface area contributed by atoms with Gasteiger partial charge < -0.3 is 14.7 Å². The summed E-state index contributed by atoms with van der Waals surface area (Å²) in [6, 6.07) is 0.596. The van der Waals surface area contributed by atoms with Crippen LogP contribution in [0.3, 0.4) is 0 Å². The zero-order chi connectivity index (χ0) is 12.2. The van der Waals surface area contributed by atoms with Crippen molar-refractivity contribution in [2.24, 2.45) is 5.92 Å². The van der Waals surface area contributed by atoms with Gasteiger partial charge in [0, 0.05) is 32.8 Å². The quantitative estimate of drug-likeness (QED) is 0.781. The van der Waals surface area contributed by atoms with Gasteiger partial charge in [-0.3, -0.25) is 0 Å². The number of nitrogens with zero attached hydrogens (tertiary/aromatic N) is 1. The number of likely N-dealkylation sites (tertiary alicyclic amines) is 1. The van der Waals surface area contributed by atoms with Gasteiger partial charge in [0.25, 0.3) is 0 Å². The number of rotatable bonds is 5. The summed E-state index contributed by atoms with van der Waals surface area (Å²) in [6.07, 6.45) is 2.75. The summed E-state index contributed by atoms with van der Waals surface area (Å²) < 4.78 is 5.09. The molecule has 1 rings (SSSR count). The van der Waals surface area contributed by atoms with Gasteiger partial charge in [0.2, 0.25) is 0 Å². The van der Waals surface area contributed by atoms with Crippen molar-refractivity contribution in [3.05, 3.63) is 0 Å². The number of piperidine rings is 1. The monoisotopic (exact) mass is 229 g/mol. The van der Waals surface area contributed by atoms with E-state index in [9.17, 15) is 5.11 Å². The minimum atomic E-state index is -0.468. The van der Waals surface area contributed by atoms with E-state index in [1.807, 2.05) is 0 Å². The van der Waals surface area contributed by atoms with Gasteiger partial charge in [0.05, 0.1) is 5.60 Å². The van der Waals surface area contributed by atoms with Crippen molar-refractivity contribution in [1.29, 1.82) is 0 Å². The Bertz CT molecular complexity index is 198. The largest absolute Gasteiger partial charge is 0.390 e. The smallest absolute Gasteiger partial charge is 0.0698 e. The highest BCUT2D eigenvalue weighted by Crippen LogP contribution is 2.32. The van der Waals surface area contributed by atoms with Gasteiger partial charge >= 0.3 is 0 Å². The SMILES string of the molecule is COCCC(C)C1(O)CCN(C(C)C)CC1. The maximum Gasteiger partial charge on any atom is 0.0698 e. The van der Waals surface area contributed by atoms with Crippen LogP contribution in [0.15, 0.2) is 0 Å². The lowest BCUT2D eigenvalue weighted by molar-refractivity contribution is -0.0727. The number of methoxy groups -OCH3 is 1. The predicted octanol–water partition coefficient (Wildman–Crippen LogP) is 1.89. The molecule has 16 heavy (non-hydrogen) atoms. The highest BCUT2D eigenvalue weighted by atomic mass is 16.5. The van der Waals surface area contributed by atoms with Crippen LogP contribution in [0.25, 0.3) is 0 Å². The van der Waals surface area contributed by atoms with E-state index in [2.05, 4.69) is 25.7 Å². The second kappa shape index (κ2) is 5.99. The number of hydrogen-bond acceptors (Lipinski definition) is 3. The molecule has 1 aliphatic rings. The summed E-state index contributed by atoms with van der Waals surface area (Å²) in [5, 5.41) is 10.6. The first-order valence-corrected chi connectivity index (χ1v) is 6.45. The lowest BCUT2D eigenvalue weighted by atomic mass is 9.79. The van der Waals surface area contributed by atoms with Crippen LogP contribution in [-0.4, -0.2) is 48.5 Å². The first kappa shape index (κ1) is 13.9. The second-order valence-corrected chi connectivity index (χ2v) is 5.42. The molecule has 1 heterocycles. The zero-order valence-corrected chi connectivity index (χ0v) is 11.2. The fraction of sp³-hybridized carbons (Fsp3) is 1.00. The summed E-state index contributed by atoms with van der Waals surface area (Å²) in [5.41, 5.74) is -0.468. The molecule has 1 fully saturated rings. The van der Waals surface area contributed by atoms with Gasteiger partial charge in [-0.2, -0.15) is 0 Å². The van der Waals surface area contributed by atoms with E-state index in [1.54, 1.807) is 7.11 Å². The van der Waals surface area contributed by atoms with Crippen LogP contribution in [0.5, 0.6) is 0 Å². The van der Waals surface area contributed by atoms with Crippen LogP contribution in [0, 0.1) is 5.92 Å². The van der Waals surface area contributed by atoms with Crippen LogP contribution in [0.1, 0.15) is 40.0 Å². The predicted molar refractivity (Wildman–Crippen MR) is 66.5 cm³/mol. The van der Waals surface area contributed by atoms with Crippen molar-refractivity contribution in [3.63, 3.8) is 0 Å². The standard InChI is InChI=1S/C13H27NO2/c1-11(2)14-8-6-13(15,7-9-14)12(3)5-10-16-4/h11-12,15H,5-10H2,1-4H3. The minimum absolute atomic E-state index is 0.335. The minimum Gasteiger partial charge on any atom is -0.390 e. The molecule has 0 bridgehead atoms. The van der Waals surface area contributed by atoms with Crippen LogP contribution in [0.2, 0.25) is 0 Å². The molecule has 0 aliphatic carbocycles. The van der Waals surface area contributed by atoms with Crippen molar-refractivity contribution in [2.45, 2.75) is 51.7 Å². The van der Waals surface area contributed by atoms with Gasteiger partial charge in [0.15, 0.2) is 0 Å². The molecule has 0 aromatic carbocycles. The van der Waals surface area contributed by atoms with Crippen molar-refractivity contribution in [2.75, 3.05) is 26.8 Å². The Morgan fingerprint density at radius 1 is 1.25 bits per heavy atom. The number of ether oxygens (including phenoxy) is 1. The Morgan fingerprint density at radius 3 is 2.25 bits per heavy atom. The third-order valence-electron chi connectivity index (χ3n) is 4.07. The highest BCUT2D eigenvalue weighted by Gasteiger charge is 2.37. The molecular weight excluding hydrogens is 202 g/mol. The summed E-state index contributed by atoms with van der Waals surface area (Å²) in [6.45, 7) is 9.37. The lowest BCUT2D eigenvalue weighted by Gasteiger charge is -2.43. The summed E-state index contributed by atoms with van der Waals surface area (Å²) in [5.74, 6) is 0.335. The Kier molecular flexibility index (Phi) is 5.22. The van der Waals surface area contributed by atoms with Crippen molar-refractivity contribution >= 4 is 0 Å². The average molecular weight is 229 g/mol. The maximum absolute atomic E-state index is 10.6. The molecule has 1 unspecified atom stereocenters. The maximum atomic E-state index is 10.6. The van der Waals surface area contributed by atoms with E-state index in [0.29, 0.717) is 12.0 Å². The molecule has 0 spiro atoms. The van der Waals surface area contributed by atoms with E-state index in [1.165, 1.54) is 0 Å². The Hall–Kier alpha value is -0.120. The van der Waals surface area contributed by atoms with Gasteiger partial charge in [-0.05, 0) is 39.0 Å². The molecule has 1 N–H and O–H groups in total. The first-order valence-electron chi connectivity index (χ1n) is 6.45. The van der Waals surface area contributed by atoms with Gasteiger partial charge in [-0.15, -0.1) is 0 Å². The first-order chi connectivity index (χ1) is 7.49. The molecule has 1 aliphatic heterocycles. The lowest BCUT2D eigenvalue weighted by Crippen LogP contribution is -2.50. The Morgan fingerprint density at radius 2 is 1.81 bits per heavy atom. The second-order valence-electron chi connectivity index (χ2n) is 5.42. The molecule has 0 aromatic rings. The summed E-state index contributed by atoms with van der Waals surface area (Å²) >= 11 is 0. The van der Waals surface area contributed by atoms with Crippen molar-refractivity contribution in [3.8, 4) is 0 Å². The number of hydrogen-bond donors (Lipinski definition) is 1. The van der Waals surface area contributed by atoms with Crippen LogP contribution in [-0.2, 0) is 4.74 Å². The van der Waals surface area contributed by atoms with Crippen LogP contribution >= 0.6 is 0 Å². The van der Waals surface area contributed by atoms with E-state index in [-0.39, 0.29) is 0 Å². The Balaban J connectivity index is 2.42. The Labute approximate surface area is 99.8 Å². The van der Waals surface area contributed by atoms with E-state index in [0.717, 1.165) is 39.0 Å². The normalized spacial score (nSPS) is 23.6. The van der Waals surface area contributed by atoms with Crippen LogP contribution in [0.4, 0.5) is 0 Å². The molecule has 96 valence electrons. The zero-order valence-electron chi connectivity index (χ0n) is 11.2. The molecule has 0 radical (unpaired) electrons. The van der Waals surface area contributed by atoms with Crippen molar-refractivity contribution in [1.82, 2.24) is 4.90 Å². The average Bonchev–Trinajstić information content (AvgIpc) is 2.26. The third kappa shape index (κ3) is 3.44. The topological polar surface area (TPSA) is 32.7 Å². The van der Waals surface area contributed by atoms with E-state index >= 15 is 0 Å². The molecule has 0 saturated carbocycles. The summed E-state index contributed by atoms with van der Waals surface area (Å²) in [7, 11) is 1.72. The van der Waals surface area contributed by atoms with Crippen molar-refractivity contribution < 1.29 is 9.84 Å². The highest BCUT2D eigenvalue weighted by molar-refractivity contribution is 4.90. The summed E-state index contributed by atoms with van der Waals surface area (Å²) in [4.78, 5) is 2.44. The molecule has 3 nitrogen and oxygen atoms in total.